The summed E-state index contributed by atoms with van der Waals surface area (Å²) >= 11 is 5.86. The van der Waals surface area contributed by atoms with Gasteiger partial charge in [0, 0.05) is 39.0 Å². The van der Waals surface area contributed by atoms with Gasteiger partial charge < -0.3 is 11.1 Å². The van der Waals surface area contributed by atoms with Crippen LogP contribution < -0.4 is 11.1 Å². The number of amides is 1. The number of benzene rings is 2. The molecule has 2 aromatic carbocycles. The van der Waals surface area contributed by atoms with Gasteiger partial charge in [0.2, 0.25) is 5.91 Å². The van der Waals surface area contributed by atoms with Gasteiger partial charge in [-0.3, -0.25) is 9.78 Å². The fourth-order valence-corrected chi connectivity index (χ4v) is 2.77. The van der Waals surface area contributed by atoms with E-state index in [1.54, 1.807) is 18.2 Å². The van der Waals surface area contributed by atoms with Crippen molar-refractivity contribution in [2.75, 3.05) is 11.1 Å². The van der Waals surface area contributed by atoms with Crippen LogP contribution in [0, 0.1) is 0 Å². The van der Waals surface area contributed by atoms with Crippen molar-refractivity contribution in [2.45, 2.75) is 26.2 Å². The third-order valence-electron chi connectivity index (χ3n) is 4.17. The topological polar surface area (TPSA) is 68.0 Å². The predicted molar refractivity (Wildman–Crippen MR) is 114 cm³/mol. The molecule has 3 rings (SSSR count). The smallest absolute Gasteiger partial charge is 0.248 e. The molecule has 1 heterocycles. The van der Waals surface area contributed by atoms with E-state index < -0.39 is 0 Å². The van der Waals surface area contributed by atoms with Crippen molar-refractivity contribution in [2.24, 2.45) is 0 Å². The van der Waals surface area contributed by atoms with Crippen LogP contribution in [0.2, 0.25) is 5.02 Å². The van der Waals surface area contributed by atoms with Crippen molar-refractivity contribution in [1.82, 2.24) is 4.98 Å². The van der Waals surface area contributed by atoms with Crippen molar-refractivity contribution in [1.29, 1.82) is 0 Å². The van der Waals surface area contributed by atoms with Gasteiger partial charge in [0.1, 0.15) is 0 Å². The van der Waals surface area contributed by atoms with Gasteiger partial charge in [0.25, 0.3) is 0 Å². The highest BCUT2D eigenvalue weighted by Crippen LogP contribution is 2.29. The lowest BCUT2D eigenvalue weighted by Gasteiger charge is -2.19. The van der Waals surface area contributed by atoms with Crippen molar-refractivity contribution in [3.8, 4) is 0 Å². The van der Waals surface area contributed by atoms with Gasteiger partial charge in [-0.15, -0.1) is 0 Å². The molecule has 27 heavy (non-hydrogen) atoms. The minimum absolute atomic E-state index is 0.0817. The summed E-state index contributed by atoms with van der Waals surface area (Å²) in [5.74, 6) is -0.220. The largest absolute Gasteiger partial charge is 0.398 e. The minimum Gasteiger partial charge on any atom is -0.398 e. The highest BCUT2D eigenvalue weighted by molar-refractivity contribution is 6.30. The molecular formula is C22H22ClN3O. The number of nitrogen functional groups attached to an aromatic ring is 1. The van der Waals surface area contributed by atoms with Gasteiger partial charge in [-0.1, -0.05) is 44.5 Å². The third-order valence-corrected chi connectivity index (χ3v) is 4.43. The highest BCUT2D eigenvalue weighted by atomic mass is 35.5. The monoisotopic (exact) mass is 379 g/mol. The van der Waals surface area contributed by atoms with E-state index in [9.17, 15) is 4.79 Å². The number of pyridine rings is 1. The summed E-state index contributed by atoms with van der Waals surface area (Å²) in [7, 11) is 0. The minimum atomic E-state index is -0.220. The first-order valence-electron chi connectivity index (χ1n) is 8.68. The van der Waals surface area contributed by atoms with E-state index in [1.807, 2.05) is 36.4 Å². The van der Waals surface area contributed by atoms with Crippen LogP contribution >= 0.6 is 11.6 Å². The summed E-state index contributed by atoms with van der Waals surface area (Å²) in [5.41, 5.74) is 10.1. The molecule has 0 unspecified atom stereocenters. The van der Waals surface area contributed by atoms with Crippen molar-refractivity contribution < 1.29 is 4.79 Å². The summed E-state index contributed by atoms with van der Waals surface area (Å²) in [4.78, 5) is 16.9. The normalized spacial score (nSPS) is 11.9. The Labute approximate surface area is 164 Å². The van der Waals surface area contributed by atoms with Crippen molar-refractivity contribution >= 4 is 45.9 Å². The molecule has 138 valence electrons. The third kappa shape index (κ3) is 4.66. The van der Waals surface area contributed by atoms with Crippen LogP contribution in [-0.4, -0.2) is 10.9 Å². The van der Waals surface area contributed by atoms with Gasteiger partial charge in [0.15, 0.2) is 0 Å². The van der Waals surface area contributed by atoms with Crippen molar-refractivity contribution in [3.05, 3.63) is 70.9 Å². The van der Waals surface area contributed by atoms with Crippen LogP contribution in [0.5, 0.6) is 0 Å². The zero-order chi connectivity index (χ0) is 19.6. The van der Waals surface area contributed by atoms with Crippen LogP contribution in [0.4, 0.5) is 11.4 Å². The zero-order valence-corrected chi connectivity index (χ0v) is 16.3. The van der Waals surface area contributed by atoms with Crippen LogP contribution in [0.1, 0.15) is 32.0 Å². The first-order valence-corrected chi connectivity index (χ1v) is 9.05. The standard InChI is InChI=1S/C22H22ClN3O/c1-22(2,3)20-13-18(24)17-12-16(9-10-19(17)26-20)25-21(27)11-6-14-4-7-15(23)8-5-14/h4-13H,1-3H3,(H2,24,26)(H,25,27). The molecule has 0 saturated heterocycles. The quantitative estimate of drug-likeness (QED) is 0.597. The van der Waals surface area contributed by atoms with Crippen LogP contribution in [-0.2, 0) is 10.2 Å². The second-order valence-electron chi connectivity index (χ2n) is 7.45. The molecule has 0 aliphatic heterocycles. The number of nitrogens with one attached hydrogen (secondary N) is 1. The Morgan fingerprint density at radius 3 is 2.48 bits per heavy atom. The molecule has 3 N–H and O–H groups in total. The first-order chi connectivity index (χ1) is 12.7. The number of nitrogens with two attached hydrogens (primary N) is 1. The van der Waals surface area contributed by atoms with Gasteiger partial charge in [-0.05, 0) is 48.0 Å². The molecule has 5 heteroatoms. The van der Waals surface area contributed by atoms with Crippen molar-refractivity contribution in [3.63, 3.8) is 0 Å². The molecule has 0 bridgehead atoms. The molecule has 0 spiro atoms. The molecule has 0 aliphatic carbocycles. The number of nitrogens with zero attached hydrogens (tertiary/aromatic N) is 1. The van der Waals surface area contributed by atoms with Gasteiger partial charge in [-0.25, -0.2) is 0 Å². The molecule has 0 radical (unpaired) electrons. The molecule has 0 fully saturated rings. The number of hydrogen-bond donors (Lipinski definition) is 2. The van der Waals surface area contributed by atoms with E-state index in [-0.39, 0.29) is 11.3 Å². The van der Waals surface area contributed by atoms with Gasteiger partial charge >= 0.3 is 0 Å². The second-order valence-corrected chi connectivity index (χ2v) is 7.89. The lowest BCUT2D eigenvalue weighted by molar-refractivity contribution is -0.111. The molecule has 0 aliphatic rings. The van der Waals surface area contributed by atoms with E-state index in [4.69, 9.17) is 22.3 Å². The Morgan fingerprint density at radius 1 is 1.11 bits per heavy atom. The first kappa shape index (κ1) is 18.9. The van der Waals surface area contributed by atoms with Crippen LogP contribution in [0.3, 0.4) is 0 Å². The van der Waals surface area contributed by atoms with E-state index >= 15 is 0 Å². The maximum Gasteiger partial charge on any atom is 0.248 e. The predicted octanol–water partition coefficient (Wildman–Crippen LogP) is 5.42. The highest BCUT2D eigenvalue weighted by Gasteiger charge is 2.17. The molecule has 0 atom stereocenters. The molecular weight excluding hydrogens is 358 g/mol. The van der Waals surface area contributed by atoms with Gasteiger partial charge in [-0.2, -0.15) is 0 Å². The molecule has 3 aromatic rings. The van der Waals surface area contributed by atoms with E-state index in [2.05, 4.69) is 26.1 Å². The van der Waals surface area contributed by atoms with E-state index in [0.29, 0.717) is 16.4 Å². The molecule has 1 amide bonds. The molecule has 0 saturated carbocycles. The number of carbonyl (C=O) groups is 1. The maximum atomic E-state index is 12.2. The molecule has 4 nitrogen and oxygen atoms in total. The number of hydrogen-bond acceptors (Lipinski definition) is 3. The number of anilines is 2. The zero-order valence-electron chi connectivity index (χ0n) is 15.6. The number of aromatic nitrogens is 1. The summed E-state index contributed by atoms with van der Waals surface area (Å²) < 4.78 is 0. The fourth-order valence-electron chi connectivity index (χ4n) is 2.64. The SMILES string of the molecule is CC(C)(C)c1cc(N)c2cc(NC(=O)C=Cc3ccc(Cl)cc3)ccc2n1. The number of carbonyl (C=O) groups excluding carboxylic acids is 1. The maximum absolute atomic E-state index is 12.2. The Kier molecular flexibility index (Phi) is 5.19. The Bertz CT molecular complexity index is 1020. The van der Waals surface area contributed by atoms with Gasteiger partial charge in [0.05, 0.1) is 5.52 Å². The summed E-state index contributed by atoms with van der Waals surface area (Å²) in [6.07, 6.45) is 3.22. The Hall–Kier alpha value is -2.85. The summed E-state index contributed by atoms with van der Waals surface area (Å²) in [6, 6.07) is 14.7. The number of fused-ring (bicyclic) bond motifs is 1. The van der Waals surface area contributed by atoms with E-state index in [0.717, 1.165) is 22.2 Å². The Morgan fingerprint density at radius 2 is 1.81 bits per heavy atom. The average Bonchev–Trinajstić information content (AvgIpc) is 2.61. The fraction of sp³-hybridized carbons (Fsp3) is 0.182. The number of rotatable bonds is 3. The second kappa shape index (κ2) is 7.41. The summed E-state index contributed by atoms with van der Waals surface area (Å²) in [5, 5.41) is 4.34. The van der Waals surface area contributed by atoms with Crippen LogP contribution in [0.15, 0.2) is 54.6 Å². The Balaban J connectivity index is 1.80. The lowest BCUT2D eigenvalue weighted by Crippen LogP contribution is -2.14. The van der Waals surface area contributed by atoms with E-state index in [1.165, 1.54) is 6.08 Å². The number of halogens is 1. The lowest BCUT2D eigenvalue weighted by atomic mass is 9.91. The van der Waals surface area contributed by atoms with Crippen LogP contribution in [0.25, 0.3) is 17.0 Å². The average molecular weight is 380 g/mol. The summed E-state index contributed by atoms with van der Waals surface area (Å²) in [6.45, 7) is 6.30. The molecule has 1 aromatic heterocycles.